The Bertz CT molecular complexity index is 128. The number of nitrogens with zero attached hydrogens (tertiary/aromatic N) is 2. The van der Waals surface area contributed by atoms with E-state index >= 15 is 0 Å². The molecule has 7 heavy (non-hydrogen) atoms. The number of hydrogen-bond donors (Lipinski definition) is 0. The third-order valence-electron chi connectivity index (χ3n) is 0.651. The van der Waals surface area contributed by atoms with Crippen LogP contribution in [0.25, 0.3) is 0 Å². The molecule has 2 radical (unpaired) electrons. The first-order chi connectivity index (χ1) is 3.43. The van der Waals surface area contributed by atoms with Crippen molar-refractivity contribution in [1.82, 2.24) is 0 Å². The Labute approximate surface area is 42.3 Å². The highest BCUT2D eigenvalue weighted by Gasteiger charge is 1.87. The van der Waals surface area contributed by atoms with Crippen LogP contribution in [0.3, 0.4) is 0 Å². The summed E-state index contributed by atoms with van der Waals surface area (Å²) in [6.45, 7) is 5.07. The van der Waals surface area contributed by atoms with Gasteiger partial charge in [0.2, 0.25) is 0 Å². The standard InChI is InChI=1S/C5H4N2/c1-2-5-3-6-4-7-5/h1-4H/b5-2-. The molecule has 0 aromatic rings. The van der Waals surface area contributed by atoms with E-state index < -0.39 is 0 Å². The second kappa shape index (κ2) is 1.69. The monoisotopic (exact) mass is 92.0 g/mol. The van der Waals surface area contributed by atoms with Gasteiger partial charge in [0.25, 0.3) is 0 Å². The number of aliphatic imine (C=N–C) groups is 2. The summed E-state index contributed by atoms with van der Waals surface area (Å²) in [5.41, 5.74) is 0.722. The molecule has 0 bridgehead atoms. The average molecular weight is 92.1 g/mol. The Morgan fingerprint density at radius 1 is 1.71 bits per heavy atom. The van der Waals surface area contributed by atoms with E-state index in [9.17, 15) is 0 Å². The maximum absolute atomic E-state index is 5.07. The van der Waals surface area contributed by atoms with Crippen LogP contribution in [-0.2, 0) is 0 Å². The molecule has 0 N–H and O–H groups in total. The van der Waals surface area contributed by atoms with Crippen LogP contribution >= 0.6 is 0 Å². The predicted molar refractivity (Wildman–Crippen MR) is 29.4 cm³/mol. The lowest BCUT2D eigenvalue weighted by atomic mass is 10.5. The number of allylic oxidation sites excluding steroid dienone is 2. The average Bonchev–Trinajstić information content (AvgIpc) is 2.14. The van der Waals surface area contributed by atoms with Crippen LogP contribution in [0.5, 0.6) is 0 Å². The van der Waals surface area contributed by atoms with E-state index in [1.807, 2.05) is 0 Å². The molecule has 0 spiro atoms. The topological polar surface area (TPSA) is 24.7 Å². The summed E-state index contributed by atoms with van der Waals surface area (Å²) in [4.78, 5) is 7.41. The molecule has 0 amide bonds. The maximum atomic E-state index is 5.07. The Morgan fingerprint density at radius 3 is 2.86 bits per heavy atom. The first-order valence-electron chi connectivity index (χ1n) is 1.91. The molecule has 2 heteroatoms. The molecule has 0 aromatic carbocycles. The fourth-order valence-corrected chi connectivity index (χ4v) is 0.329. The summed E-state index contributed by atoms with van der Waals surface area (Å²) in [7, 11) is 0. The van der Waals surface area contributed by atoms with Crippen LogP contribution < -0.4 is 0 Å². The van der Waals surface area contributed by atoms with Gasteiger partial charge in [-0.2, -0.15) is 0 Å². The highest BCUT2D eigenvalue weighted by atomic mass is 14.9. The van der Waals surface area contributed by atoms with Crippen molar-refractivity contribution < 1.29 is 0 Å². The molecule has 0 fully saturated rings. The van der Waals surface area contributed by atoms with E-state index in [0.717, 1.165) is 5.70 Å². The molecule has 0 saturated heterocycles. The van der Waals surface area contributed by atoms with Crippen LogP contribution in [0, 0.1) is 6.92 Å². The Hall–Kier alpha value is -0.920. The molecule has 2 nitrogen and oxygen atoms in total. The lowest BCUT2D eigenvalue weighted by molar-refractivity contribution is 1.53. The van der Waals surface area contributed by atoms with Gasteiger partial charge < -0.3 is 0 Å². The summed E-state index contributed by atoms with van der Waals surface area (Å²) in [6, 6.07) is 0. The molecule has 0 saturated carbocycles. The molecule has 0 aromatic heterocycles. The van der Waals surface area contributed by atoms with Gasteiger partial charge in [0.1, 0.15) is 6.34 Å². The van der Waals surface area contributed by atoms with Gasteiger partial charge >= 0.3 is 0 Å². The predicted octanol–water partition coefficient (Wildman–Crippen LogP) is 0.694. The van der Waals surface area contributed by atoms with Gasteiger partial charge in [-0.25, -0.2) is 9.98 Å². The Kier molecular flexibility index (Phi) is 1.02. The molecule has 1 heterocycles. The van der Waals surface area contributed by atoms with Crippen molar-refractivity contribution in [2.75, 3.05) is 0 Å². The molecule has 0 atom stereocenters. The molecule has 1 aliphatic heterocycles. The minimum absolute atomic E-state index is 0.722. The fraction of sp³-hybridized carbons (Fsp3) is 0. The molecule has 0 aliphatic carbocycles. The van der Waals surface area contributed by atoms with Crippen molar-refractivity contribution in [3.05, 3.63) is 18.7 Å². The zero-order chi connectivity index (χ0) is 5.11. The normalized spacial score (nSPS) is 22.1. The zero-order valence-electron chi connectivity index (χ0n) is 3.70. The van der Waals surface area contributed by atoms with E-state index in [2.05, 4.69) is 9.98 Å². The lowest BCUT2D eigenvalue weighted by Crippen LogP contribution is -1.67. The first-order valence-corrected chi connectivity index (χ1v) is 1.91. The second-order valence-electron chi connectivity index (χ2n) is 1.11. The number of hydrogen-bond acceptors (Lipinski definition) is 2. The Balaban J connectivity index is 2.79. The van der Waals surface area contributed by atoms with Gasteiger partial charge in [-0.1, -0.05) is 6.08 Å². The van der Waals surface area contributed by atoms with Gasteiger partial charge in [-0.15, -0.1) is 0 Å². The van der Waals surface area contributed by atoms with Crippen LogP contribution in [0.1, 0.15) is 0 Å². The highest BCUT2D eigenvalue weighted by molar-refractivity contribution is 5.91. The zero-order valence-corrected chi connectivity index (χ0v) is 3.70. The van der Waals surface area contributed by atoms with Crippen molar-refractivity contribution in [3.63, 3.8) is 0 Å². The van der Waals surface area contributed by atoms with Crippen molar-refractivity contribution in [1.29, 1.82) is 0 Å². The maximum Gasteiger partial charge on any atom is 0.116 e. The van der Waals surface area contributed by atoms with Gasteiger partial charge in [-0.05, 0) is 6.92 Å². The van der Waals surface area contributed by atoms with Crippen LogP contribution in [-0.4, -0.2) is 12.6 Å². The van der Waals surface area contributed by atoms with Gasteiger partial charge in [0, 0.05) is 0 Å². The lowest BCUT2D eigenvalue weighted by Gasteiger charge is -1.74. The molecular formula is C5H4N2. The van der Waals surface area contributed by atoms with Crippen LogP contribution in [0.2, 0.25) is 0 Å². The van der Waals surface area contributed by atoms with Crippen LogP contribution in [0.15, 0.2) is 21.8 Å². The number of rotatable bonds is 0. The van der Waals surface area contributed by atoms with Gasteiger partial charge in [0.05, 0.1) is 11.9 Å². The minimum atomic E-state index is 0.722. The van der Waals surface area contributed by atoms with E-state index in [4.69, 9.17) is 6.92 Å². The summed E-state index contributed by atoms with van der Waals surface area (Å²) in [6.07, 6.45) is 4.46. The third-order valence-corrected chi connectivity index (χ3v) is 0.651. The minimum Gasteiger partial charge on any atom is -0.243 e. The summed E-state index contributed by atoms with van der Waals surface area (Å²) in [5, 5.41) is 0. The fourth-order valence-electron chi connectivity index (χ4n) is 0.329. The molecule has 1 aliphatic rings. The summed E-state index contributed by atoms with van der Waals surface area (Å²) < 4.78 is 0. The van der Waals surface area contributed by atoms with Crippen LogP contribution in [0.4, 0.5) is 0 Å². The van der Waals surface area contributed by atoms with Crippen molar-refractivity contribution in [3.8, 4) is 0 Å². The summed E-state index contributed by atoms with van der Waals surface area (Å²) >= 11 is 0. The van der Waals surface area contributed by atoms with E-state index in [0.29, 0.717) is 0 Å². The van der Waals surface area contributed by atoms with Crippen molar-refractivity contribution in [2.45, 2.75) is 0 Å². The molecule has 1 rings (SSSR count). The molecular weight excluding hydrogens is 88.1 g/mol. The second-order valence-corrected chi connectivity index (χ2v) is 1.11. The largest absolute Gasteiger partial charge is 0.243 e. The van der Waals surface area contributed by atoms with Crippen molar-refractivity contribution >= 4 is 12.6 Å². The van der Waals surface area contributed by atoms with E-state index in [1.165, 1.54) is 12.4 Å². The Morgan fingerprint density at radius 2 is 2.57 bits per heavy atom. The smallest absolute Gasteiger partial charge is 0.116 e. The highest BCUT2D eigenvalue weighted by Crippen LogP contribution is 1.94. The third kappa shape index (κ3) is 0.738. The first kappa shape index (κ1) is 4.24. The SMILES string of the molecule is [CH]/C=C1/C=NC=N1. The van der Waals surface area contributed by atoms with Crippen molar-refractivity contribution in [2.24, 2.45) is 9.98 Å². The van der Waals surface area contributed by atoms with Gasteiger partial charge in [0.15, 0.2) is 0 Å². The summed E-state index contributed by atoms with van der Waals surface area (Å²) in [5.74, 6) is 0. The molecule has 34 valence electrons. The molecule has 0 unspecified atom stereocenters. The quantitative estimate of drug-likeness (QED) is 0.420. The van der Waals surface area contributed by atoms with E-state index in [1.54, 1.807) is 6.21 Å². The van der Waals surface area contributed by atoms with E-state index in [-0.39, 0.29) is 0 Å². The van der Waals surface area contributed by atoms with Gasteiger partial charge in [-0.3, -0.25) is 0 Å².